The minimum absolute atomic E-state index is 0.0364. The molecule has 0 spiro atoms. The normalized spacial score (nSPS) is 14.7. The maximum absolute atomic E-state index is 11.9. The zero-order chi connectivity index (χ0) is 21.7. The first kappa shape index (κ1) is 23.2. The van der Waals surface area contributed by atoms with Crippen molar-refractivity contribution in [2.24, 2.45) is 7.05 Å². The highest BCUT2D eigenvalue weighted by molar-refractivity contribution is 7.99. The molecular formula is C21H31N7O2S. The first-order valence-electron chi connectivity index (χ1n) is 10.8. The number of hydrogen-bond acceptors (Lipinski definition) is 8. The Hall–Kier alpha value is -2.46. The van der Waals surface area contributed by atoms with E-state index in [4.69, 9.17) is 4.74 Å². The summed E-state index contributed by atoms with van der Waals surface area (Å²) in [6.45, 7) is 4.22. The lowest BCUT2D eigenvalue weighted by Gasteiger charge is -2.26. The Balaban J connectivity index is 1.25. The van der Waals surface area contributed by atoms with Gasteiger partial charge in [0, 0.05) is 44.6 Å². The van der Waals surface area contributed by atoms with Crippen molar-refractivity contribution in [3.8, 4) is 5.88 Å². The Morgan fingerprint density at radius 3 is 2.97 bits per heavy atom. The number of amides is 1. The largest absolute Gasteiger partial charge is 0.473 e. The van der Waals surface area contributed by atoms with E-state index in [1.54, 1.807) is 29.7 Å². The van der Waals surface area contributed by atoms with Gasteiger partial charge in [-0.25, -0.2) is 9.67 Å². The van der Waals surface area contributed by atoms with Gasteiger partial charge in [-0.15, -0.1) is 5.10 Å². The molecular weight excluding hydrogens is 414 g/mol. The number of aryl methyl sites for hydroxylation is 1. The molecule has 9 nitrogen and oxygen atoms in total. The van der Waals surface area contributed by atoms with E-state index in [0.29, 0.717) is 25.5 Å². The third kappa shape index (κ3) is 8.66. The molecule has 1 aliphatic heterocycles. The van der Waals surface area contributed by atoms with E-state index in [1.807, 2.05) is 18.2 Å². The van der Waals surface area contributed by atoms with Crippen LogP contribution in [0.3, 0.4) is 0 Å². The van der Waals surface area contributed by atoms with Crippen LogP contribution < -0.4 is 10.1 Å². The summed E-state index contributed by atoms with van der Waals surface area (Å²) in [7, 11) is 1.80. The lowest BCUT2D eigenvalue weighted by atomic mass is 10.1. The average molecular weight is 446 g/mol. The van der Waals surface area contributed by atoms with Gasteiger partial charge < -0.3 is 10.1 Å². The molecule has 3 heterocycles. The molecule has 1 fully saturated rings. The lowest BCUT2D eigenvalue weighted by Crippen LogP contribution is -2.29. The summed E-state index contributed by atoms with van der Waals surface area (Å²) in [5.74, 6) is 1.47. The third-order valence-corrected chi connectivity index (χ3v) is 6.02. The van der Waals surface area contributed by atoms with E-state index in [9.17, 15) is 4.79 Å². The number of tetrazole rings is 1. The number of hydrogen-bond donors (Lipinski definition) is 1. The molecule has 0 atom stereocenters. The van der Waals surface area contributed by atoms with Crippen molar-refractivity contribution >= 4 is 17.7 Å². The third-order valence-electron chi connectivity index (χ3n) is 4.93. The van der Waals surface area contributed by atoms with Crippen LogP contribution in [0.2, 0.25) is 0 Å². The molecule has 0 unspecified atom stereocenters. The van der Waals surface area contributed by atoms with Gasteiger partial charge in [-0.1, -0.05) is 24.3 Å². The maximum Gasteiger partial charge on any atom is 0.220 e. The predicted octanol–water partition coefficient (Wildman–Crippen LogP) is 2.21. The predicted molar refractivity (Wildman–Crippen MR) is 120 cm³/mol. The van der Waals surface area contributed by atoms with Gasteiger partial charge >= 0.3 is 0 Å². The van der Waals surface area contributed by atoms with Crippen molar-refractivity contribution in [1.29, 1.82) is 0 Å². The fourth-order valence-corrected chi connectivity index (χ4v) is 4.08. The minimum Gasteiger partial charge on any atom is -0.473 e. The zero-order valence-electron chi connectivity index (χ0n) is 18.1. The van der Waals surface area contributed by atoms with Gasteiger partial charge in [-0.3, -0.25) is 9.69 Å². The summed E-state index contributed by atoms with van der Waals surface area (Å²) in [6, 6.07) is 4.06. The molecule has 1 N–H and O–H groups in total. The molecule has 10 heteroatoms. The van der Waals surface area contributed by atoms with Gasteiger partial charge in [0.05, 0.1) is 0 Å². The van der Waals surface area contributed by atoms with Gasteiger partial charge in [0.25, 0.3) is 0 Å². The van der Waals surface area contributed by atoms with Crippen molar-refractivity contribution in [3.05, 3.63) is 36.0 Å². The summed E-state index contributed by atoms with van der Waals surface area (Å²) < 4.78 is 7.34. The average Bonchev–Trinajstić information content (AvgIpc) is 3.19. The van der Waals surface area contributed by atoms with Crippen LogP contribution in [0.4, 0.5) is 0 Å². The van der Waals surface area contributed by atoms with Crippen molar-refractivity contribution in [1.82, 2.24) is 35.4 Å². The van der Waals surface area contributed by atoms with Gasteiger partial charge in [0.15, 0.2) is 0 Å². The Morgan fingerprint density at radius 1 is 1.29 bits per heavy atom. The maximum atomic E-state index is 11.9. The Bertz CT molecular complexity index is 837. The molecule has 0 radical (unpaired) electrons. The summed E-state index contributed by atoms with van der Waals surface area (Å²) in [5.41, 5.74) is 1.23. The first-order chi connectivity index (χ1) is 15.2. The second kappa shape index (κ2) is 13.1. The SMILES string of the molecule is Cn1nnnc1SCCCC(=O)NC/C=C\COc1cc(CN2CCCCC2)ccn1. The summed E-state index contributed by atoms with van der Waals surface area (Å²) >= 11 is 1.55. The summed E-state index contributed by atoms with van der Waals surface area (Å²) in [6.07, 6.45) is 10.8. The topological polar surface area (TPSA) is 98.1 Å². The Kier molecular flexibility index (Phi) is 9.78. The van der Waals surface area contributed by atoms with E-state index in [2.05, 4.69) is 36.8 Å². The number of carbonyl (C=O) groups is 1. The number of rotatable bonds is 12. The Morgan fingerprint density at radius 2 is 2.16 bits per heavy atom. The molecule has 3 rings (SSSR count). The fraction of sp³-hybridized carbons (Fsp3) is 0.571. The minimum atomic E-state index is 0.0364. The summed E-state index contributed by atoms with van der Waals surface area (Å²) in [4.78, 5) is 18.6. The number of nitrogens with zero attached hydrogens (tertiary/aromatic N) is 6. The van der Waals surface area contributed by atoms with E-state index in [1.165, 1.54) is 37.9 Å². The van der Waals surface area contributed by atoms with Crippen LogP contribution in [0.5, 0.6) is 5.88 Å². The number of carbonyl (C=O) groups excluding carboxylic acids is 1. The second-order valence-corrected chi connectivity index (χ2v) is 8.52. The monoisotopic (exact) mass is 445 g/mol. The van der Waals surface area contributed by atoms with Crippen LogP contribution in [0.25, 0.3) is 0 Å². The van der Waals surface area contributed by atoms with Gasteiger partial charge in [0.2, 0.25) is 16.9 Å². The number of thioether (sulfide) groups is 1. The quantitative estimate of drug-likeness (QED) is 0.302. The van der Waals surface area contributed by atoms with Crippen LogP contribution >= 0.6 is 11.8 Å². The second-order valence-electron chi connectivity index (χ2n) is 7.46. The van der Waals surface area contributed by atoms with Crippen molar-refractivity contribution in [2.75, 3.05) is 32.0 Å². The molecule has 1 aliphatic rings. The van der Waals surface area contributed by atoms with Crippen LogP contribution in [0.15, 0.2) is 35.6 Å². The van der Waals surface area contributed by atoms with E-state index in [0.717, 1.165) is 23.9 Å². The van der Waals surface area contributed by atoms with Crippen molar-refractivity contribution in [2.45, 2.75) is 43.8 Å². The number of aromatic nitrogens is 5. The van der Waals surface area contributed by atoms with E-state index < -0.39 is 0 Å². The van der Waals surface area contributed by atoms with E-state index in [-0.39, 0.29) is 5.91 Å². The van der Waals surface area contributed by atoms with Crippen LogP contribution in [0.1, 0.15) is 37.7 Å². The first-order valence-corrected chi connectivity index (χ1v) is 11.8. The van der Waals surface area contributed by atoms with E-state index >= 15 is 0 Å². The smallest absolute Gasteiger partial charge is 0.220 e. The van der Waals surface area contributed by atoms with Crippen molar-refractivity contribution in [3.63, 3.8) is 0 Å². The van der Waals surface area contributed by atoms with Gasteiger partial charge in [-0.05, 0) is 60.5 Å². The highest BCUT2D eigenvalue weighted by atomic mass is 32.2. The standard InChI is InChI=1S/C21H31N7O2S/c1-27-21(24-25-26-27)31-15-7-8-19(29)22-10-3-6-14-30-20-16-18(9-11-23-20)17-28-12-4-2-5-13-28/h3,6,9,11,16H,2,4-5,7-8,10,12-15,17H2,1H3,(H,22,29)/b6-3-. The molecule has 0 saturated carbocycles. The highest BCUT2D eigenvalue weighted by Gasteiger charge is 2.11. The highest BCUT2D eigenvalue weighted by Crippen LogP contribution is 2.16. The van der Waals surface area contributed by atoms with Crippen LogP contribution in [-0.2, 0) is 18.4 Å². The number of likely N-dealkylation sites (tertiary alicyclic amines) is 1. The van der Waals surface area contributed by atoms with Crippen LogP contribution in [0, 0.1) is 0 Å². The summed E-state index contributed by atoms with van der Waals surface area (Å²) in [5, 5.41) is 14.9. The molecule has 1 amide bonds. The molecule has 0 aliphatic carbocycles. The number of ether oxygens (including phenoxy) is 1. The lowest BCUT2D eigenvalue weighted by molar-refractivity contribution is -0.120. The number of nitrogens with one attached hydrogen (secondary N) is 1. The van der Waals surface area contributed by atoms with Gasteiger partial charge in [-0.2, -0.15) is 0 Å². The molecule has 0 bridgehead atoms. The fourth-order valence-electron chi connectivity index (χ4n) is 3.29. The molecule has 2 aromatic heterocycles. The number of piperidine rings is 1. The molecule has 2 aromatic rings. The van der Waals surface area contributed by atoms with Crippen molar-refractivity contribution < 1.29 is 9.53 Å². The molecule has 0 aromatic carbocycles. The Labute approximate surface area is 187 Å². The molecule has 1 saturated heterocycles. The van der Waals surface area contributed by atoms with Gasteiger partial charge in [0.1, 0.15) is 6.61 Å². The zero-order valence-corrected chi connectivity index (χ0v) is 18.9. The molecule has 168 valence electrons. The molecule has 31 heavy (non-hydrogen) atoms. The van der Waals surface area contributed by atoms with Crippen LogP contribution in [-0.4, -0.2) is 68.0 Å². The number of pyridine rings is 1.